The van der Waals surface area contributed by atoms with Crippen molar-refractivity contribution in [2.24, 2.45) is 11.7 Å². The Morgan fingerprint density at radius 3 is 2.58 bits per heavy atom. The van der Waals surface area contributed by atoms with Gasteiger partial charge in [0.1, 0.15) is 0 Å². The highest BCUT2D eigenvalue weighted by Crippen LogP contribution is 2.32. The van der Waals surface area contributed by atoms with Crippen LogP contribution in [0.5, 0.6) is 5.75 Å². The zero-order valence-electron chi connectivity index (χ0n) is 11.1. The minimum atomic E-state index is -0.702. The summed E-state index contributed by atoms with van der Waals surface area (Å²) in [7, 11) is 1.30. The third-order valence-corrected chi connectivity index (χ3v) is 2.86. The Bertz CT molecular complexity index is 466. The summed E-state index contributed by atoms with van der Waals surface area (Å²) in [6.45, 7) is 4.23. The first-order chi connectivity index (χ1) is 8.90. The molecule has 0 bridgehead atoms. The Labute approximate surface area is 110 Å². The molecule has 0 aliphatic carbocycles. The van der Waals surface area contributed by atoms with Gasteiger partial charge in [0.25, 0.3) is 0 Å². The van der Waals surface area contributed by atoms with Crippen LogP contribution < -0.4 is 15.8 Å². The second-order valence-corrected chi connectivity index (χ2v) is 4.49. The van der Waals surface area contributed by atoms with Gasteiger partial charge in [-0.1, -0.05) is 13.8 Å². The minimum absolute atomic E-state index is 0.00780. The predicted octanol–water partition coefficient (Wildman–Crippen LogP) is 2.14. The Balaban J connectivity index is 3.12. The molecule has 0 aliphatic heterocycles. The van der Waals surface area contributed by atoms with E-state index in [1.807, 2.05) is 13.8 Å². The van der Waals surface area contributed by atoms with Crippen LogP contribution in [0.1, 0.15) is 13.8 Å². The summed E-state index contributed by atoms with van der Waals surface area (Å²) in [5.41, 5.74) is 5.34. The maximum atomic E-state index is 13.8. The second kappa shape index (κ2) is 6.33. The number of rotatable bonds is 6. The third kappa shape index (κ3) is 3.54. The standard InChI is InChI=1S/C12H18FN3O3/c1-7(2)10(6-14)15-9-5-12(19-3)11(16(17)18)4-8(9)13/h4-5,7,10,15H,6,14H2,1-3H3. The molecule has 6 nitrogen and oxygen atoms in total. The first kappa shape index (κ1) is 15.2. The average molecular weight is 271 g/mol. The Kier molecular flexibility index (Phi) is 5.05. The number of hydrogen-bond donors (Lipinski definition) is 2. The monoisotopic (exact) mass is 271 g/mol. The van der Waals surface area contributed by atoms with Gasteiger partial charge in [0, 0.05) is 18.7 Å². The van der Waals surface area contributed by atoms with E-state index in [-0.39, 0.29) is 23.4 Å². The number of nitrogens with one attached hydrogen (secondary N) is 1. The molecule has 0 amide bonds. The van der Waals surface area contributed by atoms with Crippen molar-refractivity contribution in [2.75, 3.05) is 19.0 Å². The van der Waals surface area contributed by atoms with Gasteiger partial charge < -0.3 is 15.8 Å². The van der Waals surface area contributed by atoms with Gasteiger partial charge in [0.2, 0.25) is 0 Å². The van der Waals surface area contributed by atoms with Crippen LogP contribution in [0.2, 0.25) is 0 Å². The molecule has 106 valence electrons. The van der Waals surface area contributed by atoms with Gasteiger partial charge in [-0.25, -0.2) is 4.39 Å². The highest BCUT2D eigenvalue weighted by molar-refractivity contribution is 5.59. The summed E-state index contributed by atoms with van der Waals surface area (Å²) in [5, 5.41) is 13.7. The number of benzene rings is 1. The van der Waals surface area contributed by atoms with E-state index >= 15 is 0 Å². The fourth-order valence-corrected chi connectivity index (χ4v) is 1.66. The molecule has 1 aromatic carbocycles. The van der Waals surface area contributed by atoms with Crippen molar-refractivity contribution in [3.05, 3.63) is 28.1 Å². The predicted molar refractivity (Wildman–Crippen MR) is 70.9 cm³/mol. The number of nitrogens with two attached hydrogens (primary N) is 1. The van der Waals surface area contributed by atoms with E-state index in [0.717, 1.165) is 6.07 Å². The van der Waals surface area contributed by atoms with Gasteiger partial charge in [0.05, 0.1) is 23.8 Å². The summed E-state index contributed by atoms with van der Waals surface area (Å²) in [4.78, 5) is 10.1. The summed E-state index contributed by atoms with van der Waals surface area (Å²) in [6.07, 6.45) is 0. The number of anilines is 1. The second-order valence-electron chi connectivity index (χ2n) is 4.49. The lowest BCUT2D eigenvalue weighted by molar-refractivity contribution is -0.385. The summed E-state index contributed by atoms with van der Waals surface area (Å²) < 4.78 is 18.7. The number of halogens is 1. The highest BCUT2D eigenvalue weighted by atomic mass is 19.1. The third-order valence-electron chi connectivity index (χ3n) is 2.86. The average Bonchev–Trinajstić information content (AvgIpc) is 2.36. The maximum absolute atomic E-state index is 13.8. The molecule has 1 atom stereocenters. The fourth-order valence-electron chi connectivity index (χ4n) is 1.66. The van der Waals surface area contributed by atoms with Crippen molar-refractivity contribution in [3.8, 4) is 5.75 Å². The van der Waals surface area contributed by atoms with E-state index in [1.54, 1.807) is 0 Å². The van der Waals surface area contributed by atoms with Gasteiger partial charge in [-0.05, 0) is 5.92 Å². The quantitative estimate of drug-likeness (QED) is 0.611. The molecule has 0 radical (unpaired) electrons. The summed E-state index contributed by atoms with van der Waals surface area (Å²) in [5.74, 6) is -0.495. The summed E-state index contributed by atoms with van der Waals surface area (Å²) in [6, 6.07) is 1.99. The van der Waals surface area contributed by atoms with Crippen molar-refractivity contribution in [3.63, 3.8) is 0 Å². The van der Waals surface area contributed by atoms with E-state index in [1.165, 1.54) is 13.2 Å². The van der Waals surface area contributed by atoms with Crippen molar-refractivity contribution in [1.29, 1.82) is 0 Å². The van der Waals surface area contributed by atoms with E-state index < -0.39 is 16.4 Å². The smallest absolute Gasteiger partial charge is 0.313 e. The Morgan fingerprint density at radius 2 is 2.16 bits per heavy atom. The minimum Gasteiger partial charge on any atom is -0.490 e. The molecule has 3 N–H and O–H groups in total. The lowest BCUT2D eigenvalue weighted by atomic mass is 10.0. The normalized spacial score (nSPS) is 12.3. The molecule has 0 saturated heterocycles. The zero-order chi connectivity index (χ0) is 14.6. The molecule has 19 heavy (non-hydrogen) atoms. The van der Waals surface area contributed by atoms with Crippen LogP contribution in [0.4, 0.5) is 15.8 Å². The van der Waals surface area contributed by atoms with Crippen molar-refractivity contribution < 1.29 is 14.1 Å². The van der Waals surface area contributed by atoms with E-state index in [9.17, 15) is 14.5 Å². The molecule has 0 saturated carbocycles. The van der Waals surface area contributed by atoms with Gasteiger partial charge in [-0.2, -0.15) is 0 Å². The number of nitro groups is 1. The van der Waals surface area contributed by atoms with E-state index in [0.29, 0.717) is 6.54 Å². The summed E-state index contributed by atoms with van der Waals surface area (Å²) >= 11 is 0. The van der Waals surface area contributed by atoms with Gasteiger partial charge in [-0.15, -0.1) is 0 Å². The topological polar surface area (TPSA) is 90.4 Å². The van der Waals surface area contributed by atoms with Crippen molar-refractivity contribution in [1.82, 2.24) is 0 Å². The molecule has 7 heteroatoms. The molecule has 0 heterocycles. The number of hydrogen-bond acceptors (Lipinski definition) is 5. The van der Waals surface area contributed by atoms with Gasteiger partial charge in [0.15, 0.2) is 11.6 Å². The van der Waals surface area contributed by atoms with E-state index in [4.69, 9.17) is 10.5 Å². The SMILES string of the molecule is COc1cc(NC(CN)C(C)C)c(F)cc1[N+](=O)[O-]. The maximum Gasteiger partial charge on any atom is 0.313 e. The van der Waals surface area contributed by atoms with Crippen molar-refractivity contribution >= 4 is 11.4 Å². The number of nitrogens with zero attached hydrogens (tertiary/aromatic N) is 1. The van der Waals surface area contributed by atoms with Crippen LogP contribution in [0.25, 0.3) is 0 Å². The van der Waals surface area contributed by atoms with Crippen LogP contribution in [-0.4, -0.2) is 24.6 Å². The van der Waals surface area contributed by atoms with Crippen LogP contribution in [0, 0.1) is 21.8 Å². The molecule has 0 spiro atoms. The Hall–Kier alpha value is -1.89. The molecule has 0 aromatic heterocycles. The molecule has 1 rings (SSSR count). The molecule has 0 aliphatic rings. The zero-order valence-corrected chi connectivity index (χ0v) is 11.1. The van der Waals surface area contributed by atoms with Crippen LogP contribution in [-0.2, 0) is 0 Å². The fraction of sp³-hybridized carbons (Fsp3) is 0.500. The largest absolute Gasteiger partial charge is 0.490 e. The molecular formula is C12H18FN3O3. The first-order valence-electron chi connectivity index (χ1n) is 5.89. The lowest BCUT2D eigenvalue weighted by Gasteiger charge is -2.22. The van der Waals surface area contributed by atoms with Crippen LogP contribution >= 0.6 is 0 Å². The Morgan fingerprint density at radius 1 is 1.53 bits per heavy atom. The highest BCUT2D eigenvalue weighted by Gasteiger charge is 2.21. The lowest BCUT2D eigenvalue weighted by Crippen LogP contribution is -2.34. The number of nitro benzene ring substituents is 1. The molecular weight excluding hydrogens is 253 g/mol. The van der Waals surface area contributed by atoms with Gasteiger partial charge >= 0.3 is 5.69 Å². The van der Waals surface area contributed by atoms with E-state index in [2.05, 4.69) is 5.32 Å². The molecule has 1 unspecified atom stereocenters. The number of ether oxygens (including phenoxy) is 1. The molecule has 0 fully saturated rings. The first-order valence-corrected chi connectivity index (χ1v) is 5.89. The van der Waals surface area contributed by atoms with Crippen LogP contribution in [0.15, 0.2) is 12.1 Å². The number of methoxy groups -OCH3 is 1. The molecule has 1 aromatic rings. The van der Waals surface area contributed by atoms with Crippen LogP contribution in [0.3, 0.4) is 0 Å². The van der Waals surface area contributed by atoms with Gasteiger partial charge in [-0.3, -0.25) is 10.1 Å². The van der Waals surface area contributed by atoms with Crippen molar-refractivity contribution in [2.45, 2.75) is 19.9 Å².